The summed E-state index contributed by atoms with van der Waals surface area (Å²) in [4.78, 5) is 24.4. The minimum Gasteiger partial charge on any atom is -0.464 e. The third-order valence-corrected chi connectivity index (χ3v) is 2.99. The Hall–Kier alpha value is -2.56. The smallest absolute Gasteiger partial charge is 0.357 e. The Labute approximate surface area is 110 Å². The number of fused-ring (bicyclic) bond motifs is 1. The molecule has 3 rings (SSSR count). The van der Waals surface area contributed by atoms with Crippen LogP contribution in [0.3, 0.4) is 0 Å². The first-order valence-corrected chi connectivity index (χ1v) is 5.84. The molecule has 0 aromatic rings. The topological polar surface area (TPSA) is 63.4 Å². The lowest BCUT2D eigenvalue weighted by Gasteiger charge is -2.15. The molecule has 0 radical (unpaired) electrons. The van der Waals surface area contributed by atoms with Crippen molar-refractivity contribution in [3.63, 3.8) is 0 Å². The summed E-state index contributed by atoms with van der Waals surface area (Å²) < 4.78 is 4.72. The molecule has 0 fully saturated rings. The zero-order valence-electron chi connectivity index (χ0n) is 10.3. The predicted molar refractivity (Wildman–Crippen MR) is 73.4 cm³/mol. The molecule has 0 saturated carbocycles. The molecule has 0 unspecified atom stereocenters. The second kappa shape index (κ2) is 4.61. The van der Waals surface area contributed by atoms with Gasteiger partial charge in [-0.05, 0) is 23.8 Å². The molecule has 0 saturated heterocycles. The average molecular weight is 253 g/mol. The molecule has 0 aromatic carbocycles. The molecule has 5 nitrogen and oxygen atoms in total. The van der Waals surface area contributed by atoms with Crippen LogP contribution in [0.4, 0.5) is 0 Å². The fraction of sp³-hybridized carbons (Fsp3) is 0.143. The van der Waals surface area contributed by atoms with Crippen molar-refractivity contribution in [1.82, 2.24) is 0 Å². The van der Waals surface area contributed by atoms with Crippen LogP contribution in [-0.2, 0) is 9.53 Å². The van der Waals surface area contributed by atoms with E-state index < -0.39 is 5.97 Å². The average Bonchev–Trinajstić information content (AvgIpc) is 2.80. The molecule has 94 valence electrons. The van der Waals surface area contributed by atoms with E-state index in [4.69, 9.17) is 4.74 Å². The molecule has 0 spiro atoms. The number of rotatable bonds is 1. The molecule has 2 aliphatic heterocycles. The van der Waals surface area contributed by atoms with Gasteiger partial charge in [-0.2, -0.15) is 0 Å². The maximum absolute atomic E-state index is 11.6. The molecule has 5 heteroatoms. The van der Waals surface area contributed by atoms with Gasteiger partial charge in [0.15, 0.2) is 5.71 Å². The maximum Gasteiger partial charge on any atom is 0.357 e. The molecule has 0 aromatic heterocycles. The van der Waals surface area contributed by atoms with Gasteiger partial charge in [-0.25, -0.2) is 9.79 Å². The van der Waals surface area contributed by atoms with Crippen molar-refractivity contribution in [2.75, 3.05) is 7.11 Å². The Morgan fingerprint density at radius 3 is 2.84 bits per heavy atom. The van der Waals surface area contributed by atoms with E-state index in [9.17, 15) is 4.79 Å². The van der Waals surface area contributed by atoms with Crippen LogP contribution in [0, 0.1) is 0 Å². The first-order valence-electron chi connectivity index (χ1n) is 5.84. The van der Waals surface area contributed by atoms with E-state index in [1.54, 1.807) is 24.7 Å². The van der Waals surface area contributed by atoms with Crippen molar-refractivity contribution in [1.29, 1.82) is 0 Å². The largest absolute Gasteiger partial charge is 0.464 e. The third kappa shape index (κ3) is 1.99. The molecule has 19 heavy (non-hydrogen) atoms. The summed E-state index contributed by atoms with van der Waals surface area (Å²) in [5.74, 6) is -0.431. The van der Waals surface area contributed by atoms with Gasteiger partial charge >= 0.3 is 5.97 Å². The summed E-state index contributed by atoms with van der Waals surface area (Å²) in [6.45, 7) is 0. The first kappa shape index (κ1) is 11.5. The number of aliphatic imine (C=N–C) groups is 3. The highest BCUT2D eigenvalue weighted by Gasteiger charge is 2.28. The van der Waals surface area contributed by atoms with Crippen LogP contribution in [0.25, 0.3) is 0 Å². The normalized spacial score (nSPS) is 21.6. The molecule has 0 amide bonds. The molecule has 2 heterocycles. The lowest BCUT2D eigenvalue weighted by Crippen LogP contribution is -2.18. The van der Waals surface area contributed by atoms with Gasteiger partial charge < -0.3 is 4.74 Å². The quantitative estimate of drug-likeness (QED) is 0.668. The van der Waals surface area contributed by atoms with Crippen molar-refractivity contribution in [3.05, 3.63) is 47.0 Å². The Morgan fingerprint density at radius 1 is 1.26 bits per heavy atom. The Morgan fingerprint density at radius 2 is 2.05 bits per heavy atom. The minimum absolute atomic E-state index is 0.334. The van der Waals surface area contributed by atoms with Crippen molar-refractivity contribution in [2.24, 2.45) is 15.0 Å². The Kier molecular flexibility index (Phi) is 2.79. The van der Waals surface area contributed by atoms with Gasteiger partial charge in [-0.1, -0.05) is 0 Å². The summed E-state index contributed by atoms with van der Waals surface area (Å²) in [5, 5.41) is 0. The maximum atomic E-state index is 11.6. The van der Waals surface area contributed by atoms with Crippen LogP contribution >= 0.6 is 0 Å². The van der Waals surface area contributed by atoms with E-state index in [1.807, 2.05) is 12.2 Å². The summed E-state index contributed by atoms with van der Waals surface area (Å²) in [6, 6.07) is 0. The molecular weight excluding hydrogens is 242 g/mol. The summed E-state index contributed by atoms with van der Waals surface area (Å²) in [7, 11) is 1.35. The number of nitrogens with zero attached hydrogens (tertiary/aromatic N) is 3. The molecular formula is C14H11N3O2. The van der Waals surface area contributed by atoms with Gasteiger partial charge in [0.1, 0.15) is 0 Å². The van der Waals surface area contributed by atoms with E-state index in [-0.39, 0.29) is 0 Å². The lowest BCUT2D eigenvalue weighted by molar-refractivity contribution is -0.132. The molecule has 3 aliphatic rings. The number of carbonyl (C=O) groups excluding carboxylic acids is 1. The highest BCUT2D eigenvalue weighted by atomic mass is 16.5. The number of hydrogen-bond donors (Lipinski definition) is 0. The second-order valence-electron chi connectivity index (χ2n) is 4.13. The lowest BCUT2D eigenvalue weighted by atomic mass is 9.93. The zero-order valence-corrected chi connectivity index (χ0v) is 10.3. The summed E-state index contributed by atoms with van der Waals surface area (Å²) >= 11 is 0. The van der Waals surface area contributed by atoms with Gasteiger partial charge in [-0.15, -0.1) is 0 Å². The number of ether oxygens (including phenoxy) is 1. The van der Waals surface area contributed by atoms with Crippen molar-refractivity contribution < 1.29 is 9.53 Å². The fourth-order valence-electron chi connectivity index (χ4n) is 2.07. The van der Waals surface area contributed by atoms with Gasteiger partial charge in [0.05, 0.1) is 18.5 Å². The number of hydrogen-bond acceptors (Lipinski definition) is 5. The fourth-order valence-corrected chi connectivity index (χ4v) is 2.07. The minimum atomic E-state index is -0.431. The molecule has 0 atom stereocenters. The second-order valence-corrected chi connectivity index (χ2v) is 4.13. The van der Waals surface area contributed by atoms with E-state index in [0.717, 1.165) is 22.5 Å². The van der Waals surface area contributed by atoms with Crippen molar-refractivity contribution in [3.8, 4) is 0 Å². The third-order valence-electron chi connectivity index (χ3n) is 2.99. The van der Waals surface area contributed by atoms with Crippen molar-refractivity contribution in [2.45, 2.75) is 6.42 Å². The standard InChI is InChI=1S/C14H11N3O2/c1-19-14(18)13-10-7-12-11(6-9(10)8-17-13)15-4-2-3-5-16-12/h2-5,7-8H,6H2,1H3/b3-2-,4-2?,5-3?,15-4?,15-11?,16-5?,16-12?. The highest BCUT2D eigenvalue weighted by molar-refractivity contribution is 6.45. The van der Waals surface area contributed by atoms with Crippen LogP contribution in [-0.4, -0.2) is 31.2 Å². The predicted octanol–water partition coefficient (Wildman–Crippen LogP) is 1.75. The summed E-state index contributed by atoms with van der Waals surface area (Å²) in [6.07, 6.45) is 11.2. The van der Waals surface area contributed by atoms with Gasteiger partial charge in [0.25, 0.3) is 0 Å². The van der Waals surface area contributed by atoms with Gasteiger partial charge in [0.2, 0.25) is 0 Å². The van der Waals surface area contributed by atoms with Crippen molar-refractivity contribution >= 4 is 24.1 Å². The first-order chi connectivity index (χ1) is 9.29. The monoisotopic (exact) mass is 253 g/mol. The number of carbonyl (C=O) groups is 1. The van der Waals surface area contributed by atoms with Gasteiger partial charge in [-0.3, -0.25) is 9.98 Å². The van der Waals surface area contributed by atoms with E-state index in [1.165, 1.54) is 7.11 Å². The number of methoxy groups -OCH3 is 1. The van der Waals surface area contributed by atoms with Crippen LogP contribution in [0.15, 0.2) is 61.9 Å². The Balaban J connectivity index is 2.02. The number of allylic oxidation sites excluding steroid dienone is 4. The van der Waals surface area contributed by atoms with Crippen LogP contribution in [0.2, 0.25) is 0 Å². The highest BCUT2D eigenvalue weighted by Crippen LogP contribution is 2.34. The molecule has 0 bridgehead atoms. The zero-order chi connectivity index (χ0) is 13.2. The van der Waals surface area contributed by atoms with E-state index in [0.29, 0.717) is 12.1 Å². The molecule has 1 aliphatic carbocycles. The van der Waals surface area contributed by atoms with Crippen LogP contribution < -0.4 is 0 Å². The SMILES string of the molecule is COC(=O)C1=NC=C2CC3=C(C=C21)N=C/C=C\C=N3. The summed E-state index contributed by atoms with van der Waals surface area (Å²) in [5.41, 5.74) is 3.71. The Bertz CT molecular complexity index is 658. The van der Waals surface area contributed by atoms with Gasteiger partial charge in [0, 0.05) is 30.6 Å². The number of esters is 1. The van der Waals surface area contributed by atoms with E-state index >= 15 is 0 Å². The van der Waals surface area contributed by atoms with E-state index in [2.05, 4.69) is 15.0 Å². The molecule has 0 N–H and O–H groups in total. The van der Waals surface area contributed by atoms with Crippen LogP contribution in [0.1, 0.15) is 6.42 Å². The van der Waals surface area contributed by atoms with Crippen LogP contribution in [0.5, 0.6) is 0 Å².